The summed E-state index contributed by atoms with van der Waals surface area (Å²) in [6, 6.07) is 8.54. The molecular weight excluding hydrogens is 431 g/mol. The van der Waals surface area contributed by atoms with E-state index in [2.05, 4.69) is 25.4 Å². The molecule has 0 saturated carbocycles. The van der Waals surface area contributed by atoms with Gasteiger partial charge in [0.05, 0.1) is 19.0 Å². The van der Waals surface area contributed by atoms with Gasteiger partial charge < -0.3 is 10.1 Å². The third-order valence-electron chi connectivity index (χ3n) is 4.36. The predicted molar refractivity (Wildman–Crippen MR) is 105 cm³/mol. The summed E-state index contributed by atoms with van der Waals surface area (Å²) in [5, 5.41) is 15.5. The van der Waals surface area contributed by atoms with Crippen LogP contribution in [0.3, 0.4) is 0 Å². The molecule has 3 aromatic heterocycles. The summed E-state index contributed by atoms with van der Waals surface area (Å²) in [7, 11) is 1.37. The first kappa shape index (κ1) is 21.0. The topological polar surface area (TPSA) is 127 Å². The van der Waals surface area contributed by atoms with Crippen LogP contribution in [-0.4, -0.2) is 42.8 Å². The Labute approximate surface area is 177 Å². The lowest BCUT2D eigenvalue weighted by Gasteiger charge is -2.09. The molecule has 0 aliphatic rings. The first-order valence-corrected chi connectivity index (χ1v) is 8.95. The molecule has 0 bridgehead atoms. The number of fused-ring (bicyclic) bond motifs is 1. The van der Waals surface area contributed by atoms with E-state index in [1.165, 1.54) is 61.4 Å². The minimum absolute atomic E-state index is 0.0124. The molecule has 164 valence electrons. The van der Waals surface area contributed by atoms with Crippen molar-refractivity contribution < 1.29 is 27.9 Å². The summed E-state index contributed by atoms with van der Waals surface area (Å²) >= 11 is 0. The highest BCUT2D eigenvalue weighted by Gasteiger charge is 2.39. The van der Waals surface area contributed by atoms with Gasteiger partial charge in [0.1, 0.15) is 11.4 Å². The lowest BCUT2D eigenvalue weighted by Crippen LogP contribution is -2.18. The number of methoxy groups -OCH3 is 1. The smallest absolute Gasteiger partial charge is 0.435 e. The van der Waals surface area contributed by atoms with Gasteiger partial charge in [0, 0.05) is 23.5 Å². The van der Waals surface area contributed by atoms with Gasteiger partial charge in [-0.3, -0.25) is 10.0 Å². The monoisotopic (exact) mass is 445 g/mol. The summed E-state index contributed by atoms with van der Waals surface area (Å²) in [4.78, 5) is 23.3. The largest absolute Gasteiger partial charge is 0.495 e. The number of carbonyl (C=O) groups excluding carboxylic acids is 1. The number of halogens is 3. The summed E-state index contributed by atoms with van der Waals surface area (Å²) in [5.74, 6) is -0.421. The van der Waals surface area contributed by atoms with Crippen LogP contribution in [0.4, 0.5) is 24.8 Å². The van der Waals surface area contributed by atoms with E-state index >= 15 is 0 Å². The Morgan fingerprint density at radius 1 is 1.16 bits per heavy atom. The van der Waals surface area contributed by atoms with Crippen molar-refractivity contribution in [2.24, 2.45) is 0 Å². The zero-order valence-electron chi connectivity index (χ0n) is 16.3. The summed E-state index contributed by atoms with van der Waals surface area (Å²) in [6.45, 7) is 0. The molecule has 0 aliphatic carbocycles. The van der Waals surface area contributed by atoms with Gasteiger partial charge >= 0.3 is 6.18 Å². The average Bonchev–Trinajstić information content (AvgIpc) is 3.18. The molecule has 3 heterocycles. The fourth-order valence-corrected chi connectivity index (χ4v) is 2.91. The van der Waals surface area contributed by atoms with Crippen LogP contribution in [0.2, 0.25) is 0 Å². The number of carbonyl (C=O) groups is 1. The SMILES string of the molecule is COc1cnn2c(-c3ccnc(Nc4ccc(C(=O)NO)cc4)n3)c(C(F)(F)F)nc2c1. The molecule has 4 rings (SSSR count). The number of amides is 1. The van der Waals surface area contributed by atoms with Gasteiger partial charge in [-0.15, -0.1) is 0 Å². The normalized spacial score (nSPS) is 11.4. The first-order valence-electron chi connectivity index (χ1n) is 8.95. The van der Waals surface area contributed by atoms with Crippen LogP contribution in [0.5, 0.6) is 5.75 Å². The van der Waals surface area contributed by atoms with Gasteiger partial charge in [-0.25, -0.2) is 24.9 Å². The molecule has 0 atom stereocenters. The van der Waals surface area contributed by atoms with Crippen molar-refractivity contribution >= 4 is 23.2 Å². The highest BCUT2D eigenvalue weighted by molar-refractivity contribution is 5.93. The molecular formula is C19H14F3N7O3. The molecule has 4 aromatic rings. The number of alkyl halides is 3. The number of anilines is 2. The number of aromatic nitrogens is 5. The Kier molecular flexibility index (Phi) is 5.32. The van der Waals surface area contributed by atoms with Crippen LogP contribution in [-0.2, 0) is 6.18 Å². The maximum absolute atomic E-state index is 13.7. The van der Waals surface area contributed by atoms with Crippen molar-refractivity contribution in [3.63, 3.8) is 0 Å². The summed E-state index contributed by atoms with van der Waals surface area (Å²) in [5.41, 5.74) is 0.566. The standard InChI is InChI=1S/C19H14F3N7O3/c1-32-12-8-14-27-16(19(20,21)22)15(29(14)24-9-12)13-6-7-23-18(26-13)25-11-4-2-10(3-5-11)17(30)28-31/h2-9,31H,1H3,(H,28,30)(H,23,25,26). The molecule has 10 nitrogen and oxygen atoms in total. The number of rotatable bonds is 5. The minimum Gasteiger partial charge on any atom is -0.495 e. The molecule has 0 radical (unpaired) electrons. The third-order valence-corrected chi connectivity index (χ3v) is 4.36. The van der Waals surface area contributed by atoms with E-state index in [4.69, 9.17) is 9.94 Å². The number of hydroxylamine groups is 1. The highest BCUT2D eigenvalue weighted by Crippen LogP contribution is 2.36. The van der Waals surface area contributed by atoms with Gasteiger partial charge in [0.25, 0.3) is 5.91 Å². The predicted octanol–water partition coefficient (Wildman–Crippen LogP) is 3.08. The molecule has 1 amide bonds. The van der Waals surface area contributed by atoms with Crippen molar-refractivity contribution in [1.82, 2.24) is 30.0 Å². The van der Waals surface area contributed by atoms with E-state index in [1.807, 2.05) is 0 Å². The number of hydrogen-bond donors (Lipinski definition) is 3. The van der Waals surface area contributed by atoms with Crippen LogP contribution in [0.1, 0.15) is 16.1 Å². The zero-order valence-corrected chi connectivity index (χ0v) is 16.3. The van der Waals surface area contributed by atoms with Crippen molar-refractivity contribution in [1.29, 1.82) is 0 Å². The second-order valence-electron chi connectivity index (χ2n) is 6.38. The van der Waals surface area contributed by atoms with E-state index in [1.54, 1.807) is 0 Å². The number of ether oxygens (including phenoxy) is 1. The Morgan fingerprint density at radius 2 is 1.91 bits per heavy atom. The number of nitrogens with zero attached hydrogens (tertiary/aromatic N) is 5. The third kappa shape index (κ3) is 4.00. The highest BCUT2D eigenvalue weighted by atomic mass is 19.4. The summed E-state index contributed by atoms with van der Waals surface area (Å²) < 4.78 is 47.1. The van der Waals surface area contributed by atoms with Gasteiger partial charge in [0.15, 0.2) is 11.3 Å². The van der Waals surface area contributed by atoms with Crippen molar-refractivity contribution in [2.75, 3.05) is 12.4 Å². The van der Waals surface area contributed by atoms with E-state index in [0.717, 1.165) is 4.52 Å². The van der Waals surface area contributed by atoms with Crippen LogP contribution in [0.15, 0.2) is 48.8 Å². The average molecular weight is 445 g/mol. The Hall–Kier alpha value is -4.26. The van der Waals surface area contributed by atoms with E-state index in [-0.39, 0.29) is 34.3 Å². The molecule has 13 heteroatoms. The number of imidazole rings is 1. The van der Waals surface area contributed by atoms with Crippen LogP contribution < -0.4 is 15.5 Å². The lowest BCUT2D eigenvalue weighted by molar-refractivity contribution is -0.140. The Morgan fingerprint density at radius 3 is 2.56 bits per heavy atom. The fraction of sp³-hybridized carbons (Fsp3) is 0.105. The van der Waals surface area contributed by atoms with Crippen LogP contribution in [0, 0.1) is 0 Å². The van der Waals surface area contributed by atoms with Gasteiger partial charge in [-0.05, 0) is 30.3 Å². The number of benzene rings is 1. The van der Waals surface area contributed by atoms with Crippen molar-refractivity contribution in [2.45, 2.75) is 6.18 Å². The minimum atomic E-state index is -4.75. The first-order chi connectivity index (χ1) is 15.3. The van der Waals surface area contributed by atoms with E-state index in [9.17, 15) is 18.0 Å². The van der Waals surface area contributed by atoms with E-state index in [0.29, 0.717) is 5.69 Å². The van der Waals surface area contributed by atoms with Gasteiger partial charge in [-0.1, -0.05) is 0 Å². The fourth-order valence-electron chi connectivity index (χ4n) is 2.91. The number of nitrogens with one attached hydrogen (secondary N) is 2. The Bertz CT molecular complexity index is 1290. The quantitative estimate of drug-likeness (QED) is 0.316. The lowest BCUT2D eigenvalue weighted by atomic mass is 10.2. The molecule has 0 spiro atoms. The van der Waals surface area contributed by atoms with Crippen LogP contribution >= 0.6 is 0 Å². The maximum Gasteiger partial charge on any atom is 0.435 e. The molecule has 0 fully saturated rings. The molecule has 0 aliphatic heterocycles. The second-order valence-corrected chi connectivity index (χ2v) is 6.38. The Balaban J connectivity index is 1.74. The molecule has 0 unspecified atom stereocenters. The van der Waals surface area contributed by atoms with Gasteiger partial charge in [-0.2, -0.15) is 18.3 Å². The van der Waals surface area contributed by atoms with E-state index < -0.39 is 17.8 Å². The molecule has 0 saturated heterocycles. The molecule has 1 aromatic carbocycles. The van der Waals surface area contributed by atoms with Crippen LogP contribution in [0.25, 0.3) is 17.0 Å². The molecule has 3 N–H and O–H groups in total. The van der Waals surface area contributed by atoms with Crippen molar-refractivity contribution in [3.05, 3.63) is 60.0 Å². The second kappa shape index (κ2) is 8.11. The maximum atomic E-state index is 13.7. The number of hydrogen-bond acceptors (Lipinski definition) is 8. The van der Waals surface area contributed by atoms with Gasteiger partial charge in [0.2, 0.25) is 5.95 Å². The molecule has 32 heavy (non-hydrogen) atoms. The van der Waals surface area contributed by atoms with Crippen molar-refractivity contribution in [3.8, 4) is 17.1 Å². The summed E-state index contributed by atoms with van der Waals surface area (Å²) in [6.07, 6.45) is -2.19. The zero-order chi connectivity index (χ0) is 22.9.